The summed E-state index contributed by atoms with van der Waals surface area (Å²) in [6, 6.07) is 16.1. The largest absolute Gasteiger partial charge is 0.324 e. The highest BCUT2D eigenvalue weighted by Crippen LogP contribution is 2.15. The molecule has 1 heterocycles. The van der Waals surface area contributed by atoms with Gasteiger partial charge in [-0.05, 0) is 61.9 Å². The van der Waals surface area contributed by atoms with E-state index in [4.69, 9.17) is 0 Å². The third kappa shape index (κ3) is 4.30. The van der Waals surface area contributed by atoms with Crippen molar-refractivity contribution < 1.29 is 9.59 Å². The van der Waals surface area contributed by atoms with Crippen LogP contribution < -0.4 is 10.6 Å². The lowest BCUT2D eigenvalue weighted by molar-refractivity contribution is 0.101. The second-order valence-corrected chi connectivity index (χ2v) is 5.85. The first-order valence-electron chi connectivity index (χ1n) is 8.10. The van der Waals surface area contributed by atoms with Crippen LogP contribution in [0.5, 0.6) is 0 Å². The zero-order valence-electron chi connectivity index (χ0n) is 14.5. The maximum atomic E-state index is 12.4. The van der Waals surface area contributed by atoms with E-state index in [1.165, 1.54) is 13.1 Å². The van der Waals surface area contributed by atoms with Crippen molar-refractivity contribution in [2.45, 2.75) is 13.8 Å². The van der Waals surface area contributed by atoms with Gasteiger partial charge in [-0.15, -0.1) is 0 Å². The van der Waals surface area contributed by atoms with Crippen LogP contribution in [0, 0.1) is 6.92 Å². The number of hydrogen-bond donors (Lipinski definition) is 2. The number of carbonyl (C=O) groups excluding carboxylic acids is 2. The topological polar surface area (TPSA) is 84.0 Å². The number of nitrogens with zero attached hydrogens (tertiary/aromatic N) is 2. The van der Waals surface area contributed by atoms with Crippen molar-refractivity contribution in [3.63, 3.8) is 0 Å². The Balaban J connectivity index is 1.73. The lowest BCUT2D eigenvalue weighted by Crippen LogP contribution is -2.14. The third-order valence-electron chi connectivity index (χ3n) is 3.71. The Kier molecular flexibility index (Phi) is 5.03. The predicted octanol–water partition coefficient (Wildman–Crippen LogP) is 3.98. The number of aromatic nitrogens is 2. The lowest BCUT2D eigenvalue weighted by atomic mass is 10.1. The summed E-state index contributed by atoms with van der Waals surface area (Å²) in [6.07, 6.45) is 1.52. The Morgan fingerprint density at radius 3 is 2.42 bits per heavy atom. The van der Waals surface area contributed by atoms with Crippen LogP contribution in [0.3, 0.4) is 0 Å². The van der Waals surface area contributed by atoms with Gasteiger partial charge < -0.3 is 10.6 Å². The first-order valence-corrected chi connectivity index (χ1v) is 8.10. The van der Waals surface area contributed by atoms with Gasteiger partial charge in [0.2, 0.25) is 5.95 Å². The Morgan fingerprint density at radius 1 is 0.962 bits per heavy atom. The van der Waals surface area contributed by atoms with E-state index in [0.717, 1.165) is 11.3 Å². The van der Waals surface area contributed by atoms with E-state index in [1.807, 2.05) is 31.2 Å². The Hall–Kier alpha value is -3.54. The molecule has 0 unspecified atom stereocenters. The van der Waals surface area contributed by atoms with Gasteiger partial charge in [-0.1, -0.05) is 12.1 Å². The molecule has 0 atom stereocenters. The molecule has 1 aromatic heterocycles. The summed E-state index contributed by atoms with van der Waals surface area (Å²) in [7, 11) is 0. The van der Waals surface area contributed by atoms with Crippen LogP contribution in [0.4, 0.5) is 17.3 Å². The molecule has 0 radical (unpaired) electrons. The van der Waals surface area contributed by atoms with E-state index in [2.05, 4.69) is 20.6 Å². The average molecular weight is 346 g/mol. The number of aryl methyl sites for hydroxylation is 1. The van der Waals surface area contributed by atoms with Gasteiger partial charge in [0.1, 0.15) is 5.69 Å². The number of anilines is 3. The van der Waals surface area contributed by atoms with Gasteiger partial charge in [0.05, 0.1) is 0 Å². The van der Waals surface area contributed by atoms with Crippen molar-refractivity contribution in [2.75, 3.05) is 10.6 Å². The van der Waals surface area contributed by atoms with Gasteiger partial charge in [-0.3, -0.25) is 9.59 Å². The van der Waals surface area contributed by atoms with Gasteiger partial charge in [-0.25, -0.2) is 9.97 Å². The van der Waals surface area contributed by atoms with Crippen LogP contribution >= 0.6 is 0 Å². The van der Waals surface area contributed by atoms with E-state index in [0.29, 0.717) is 17.2 Å². The highest BCUT2D eigenvalue weighted by atomic mass is 16.2. The first kappa shape index (κ1) is 17.3. The first-order chi connectivity index (χ1) is 12.5. The van der Waals surface area contributed by atoms with Crippen LogP contribution in [0.1, 0.15) is 33.3 Å². The average Bonchev–Trinajstić information content (AvgIpc) is 2.62. The molecule has 0 aliphatic heterocycles. The summed E-state index contributed by atoms with van der Waals surface area (Å²) in [5, 5.41) is 5.84. The number of Topliss-reactive ketones (excluding diaryl/α,β-unsaturated/α-hetero) is 1. The number of rotatable bonds is 5. The molecule has 3 rings (SSSR count). The van der Waals surface area contributed by atoms with Crippen molar-refractivity contribution in [2.24, 2.45) is 0 Å². The second kappa shape index (κ2) is 7.57. The molecule has 1 amide bonds. The highest BCUT2D eigenvalue weighted by Gasteiger charge is 2.10. The Morgan fingerprint density at radius 2 is 1.73 bits per heavy atom. The molecule has 0 spiro atoms. The van der Waals surface area contributed by atoms with Crippen molar-refractivity contribution in [1.82, 2.24) is 9.97 Å². The number of carbonyl (C=O) groups is 2. The standard InChI is InChI=1S/C20H18N4O2/c1-13-4-3-5-17(12-13)22-19(26)18-10-11-21-20(24-18)23-16-8-6-15(7-9-16)14(2)25/h3-12H,1-2H3,(H,22,26)(H,21,23,24). The number of ketones is 1. The van der Waals surface area contributed by atoms with Crippen LogP contribution in [0.2, 0.25) is 0 Å². The molecule has 0 saturated heterocycles. The molecular formula is C20H18N4O2. The monoisotopic (exact) mass is 346 g/mol. The van der Waals surface area contributed by atoms with Crippen molar-refractivity contribution in [3.8, 4) is 0 Å². The van der Waals surface area contributed by atoms with E-state index >= 15 is 0 Å². The Bertz CT molecular complexity index is 952. The zero-order chi connectivity index (χ0) is 18.5. The third-order valence-corrected chi connectivity index (χ3v) is 3.71. The molecule has 3 aromatic rings. The highest BCUT2D eigenvalue weighted by molar-refractivity contribution is 6.03. The van der Waals surface area contributed by atoms with Gasteiger partial charge in [0.25, 0.3) is 5.91 Å². The quantitative estimate of drug-likeness (QED) is 0.683. The molecule has 0 aliphatic rings. The minimum atomic E-state index is -0.312. The van der Waals surface area contributed by atoms with Gasteiger partial charge >= 0.3 is 0 Å². The summed E-state index contributed by atoms with van der Waals surface area (Å²) >= 11 is 0. The van der Waals surface area contributed by atoms with Crippen molar-refractivity contribution in [1.29, 1.82) is 0 Å². The fourth-order valence-electron chi connectivity index (χ4n) is 2.38. The van der Waals surface area contributed by atoms with Crippen molar-refractivity contribution >= 4 is 29.0 Å². The predicted molar refractivity (Wildman–Crippen MR) is 101 cm³/mol. The maximum absolute atomic E-state index is 12.4. The lowest BCUT2D eigenvalue weighted by Gasteiger charge is -2.08. The van der Waals surface area contributed by atoms with E-state index < -0.39 is 0 Å². The molecule has 0 aliphatic carbocycles. The SMILES string of the molecule is CC(=O)c1ccc(Nc2nccc(C(=O)Nc3cccc(C)c3)n2)cc1. The normalized spacial score (nSPS) is 10.2. The summed E-state index contributed by atoms with van der Waals surface area (Å²) in [5.74, 6) is -0.00642. The second-order valence-electron chi connectivity index (χ2n) is 5.85. The minimum Gasteiger partial charge on any atom is -0.324 e. The smallest absolute Gasteiger partial charge is 0.274 e. The number of amides is 1. The van der Waals surface area contributed by atoms with E-state index in [1.54, 1.807) is 30.3 Å². The molecular weight excluding hydrogens is 328 g/mol. The van der Waals surface area contributed by atoms with Crippen LogP contribution in [-0.2, 0) is 0 Å². The van der Waals surface area contributed by atoms with Crippen LogP contribution in [-0.4, -0.2) is 21.7 Å². The van der Waals surface area contributed by atoms with Gasteiger partial charge in [0, 0.05) is 23.1 Å². The summed E-state index contributed by atoms with van der Waals surface area (Å²) < 4.78 is 0. The molecule has 6 heteroatoms. The molecule has 0 saturated carbocycles. The maximum Gasteiger partial charge on any atom is 0.274 e. The zero-order valence-corrected chi connectivity index (χ0v) is 14.5. The number of nitrogens with one attached hydrogen (secondary N) is 2. The summed E-state index contributed by atoms with van der Waals surface area (Å²) in [5.41, 5.74) is 3.38. The van der Waals surface area contributed by atoms with Crippen LogP contribution in [0.25, 0.3) is 0 Å². The molecule has 26 heavy (non-hydrogen) atoms. The Labute approximate surface area is 151 Å². The molecule has 2 N–H and O–H groups in total. The summed E-state index contributed by atoms with van der Waals surface area (Å²) in [6.45, 7) is 3.47. The van der Waals surface area contributed by atoms with Crippen molar-refractivity contribution in [3.05, 3.63) is 77.6 Å². The molecule has 6 nitrogen and oxygen atoms in total. The van der Waals surface area contributed by atoms with E-state index in [9.17, 15) is 9.59 Å². The summed E-state index contributed by atoms with van der Waals surface area (Å²) in [4.78, 5) is 32.1. The molecule has 130 valence electrons. The van der Waals surface area contributed by atoms with Crippen LogP contribution in [0.15, 0.2) is 60.8 Å². The number of benzene rings is 2. The van der Waals surface area contributed by atoms with Gasteiger partial charge in [-0.2, -0.15) is 0 Å². The fraction of sp³-hybridized carbons (Fsp3) is 0.100. The molecule has 0 fully saturated rings. The molecule has 2 aromatic carbocycles. The fourth-order valence-corrected chi connectivity index (χ4v) is 2.38. The molecule has 0 bridgehead atoms. The minimum absolute atomic E-state index is 0.00242. The van der Waals surface area contributed by atoms with E-state index in [-0.39, 0.29) is 17.4 Å². The number of hydrogen-bond acceptors (Lipinski definition) is 5. The van der Waals surface area contributed by atoms with Gasteiger partial charge in [0.15, 0.2) is 5.78 Å².